The number of alkyl halides is 4. The topological polar surface area (TPSA) is 48.4 Å². The van der Waals surface area contributed by atoms with Crippen molar-refractivity contribution in [3.8, 4) is 5.88 Å². The zero-order valence-corrected chi connectivity index (χ0v) is 11.0. The molecule has 0 bridgehead atoms. The van der Waals surface area contributed by atoms with E-state index in [0.29, 0.717) is 0 Å². The summed E-state index contributed by atoms with van der Waals surface area (Å²) in [6.07, 6.45) is -5.03. The average molecular weight is 379 g/mol. The number of esters is 1. The van der Waals surface area contributed by atoms with Gasteiger partial charge in [-0.25, -0.2) is 14.2 Å². The molecule has 100 valence electrons. The highest BCUT2D eigenvalue weighted by molar-refractivity contribution is 14.1. The first-order valence-corrected chi connectivity index (χ1v) is 5.45. The van der Waals surface area contributed by atoms with Gasteiger partial charge in [-0.3, -0.25) is 0 Å². The van der Waals surface area contributed by atoms with Crippen molar-refractivity contribution in [3.05, 3.63) is 20.9 Å². The minimum atomic E-state index is -5.03. The van der Waals surface area contributed by atoms with Gasteiger partial charge in [-0.2, -0.15) is 0 Å². The van der Waals surface area contributed by atoms with Crippen molar-refractivity contribution in [1.29, 1.82) is 0 Å². The summed E-state index contributed by atoms with van der Waals surface area (Å²) in [4.78, 5) is 14.6. The first-order chi connectivity index (χ1) is 8.28. The van der Waals surface area contributed by atoms with Gasteiger partial charge in [-0.1, -0.05) is 0 Å². The highest BCUT2D eigenvalue weighted by atomic mass is 127. The van der Waals surface area contributed by atoms with Crippen LogP contribution >= 0.6 is 22.6 Å². The Morgan fingerprint density at radius 1 is 1.50 bits per heavy atom. The van der Waals surface area contributed by atoms with Crippen molar-refractivity contribution < 1.29 is 31.8 Å². The van der Waals surface area contributed by atoms with E-state index in [2.05, 4.69) is 14.5 Å². The van der Waals surface area contributed by atoms with E-state index in [0.717, 1.165) is 13.2 Å². The van der Waals surface area contributed by atoms with Crippen LogP contribution in [0.5, 0.6) is 5.88 Å². The van der Waals surface area contributed by atoms with Crippen LogP contribution in [0, 0.1) is 3.57 Å². The van der Waals surface area contributed by atoms with Crippen LogP contribution in [0.15, 0.2) is 6.07 Å². The third-order valence-electron chi connectivity index (χ3n) is 1.76. The van der Waals surface area contributed by atoms with Gasteiger partial charge in [0.2, 0.25) is 5.88 Å². The van der Waals surface area contributed by atoms with E-state index in [-0.39, 0.29) is 9.26 Å². The maximum Gasteiger partial charge on any atom is 0.574 e. The molecule has 0 saturated carbocycles. The van der Waals surface area contributed by atoms with Crippen molar-refractivity contribution in [1.82, 2.24) is 4.98 Å². The molecular formula is C9H6F4INO3. The van der Waals surface area contributed by atoms with Crippen LogP contribution in [0.4, 0.5) is 17.6 Å². The number of methoxy groups -OCH3 is 1. The van der Waals surface area contributed by atoms with Gasteiger partial charge in [0.05, 0.1) is 12.8 Å². The van der Waals surface area contributed by atoms with Crippen LogP contribution in [-0.2, 0) is 11.4 Å². The van der Waals surface area contributed by atoms with Gasteiger partial charge in [0.25, 0.3) is 0 Å². The van der Waals surface area contributed by atoms with E-state index in [1.807, 2.05) is 0 Å². The Hall–Kier alpha value is -1.13. The summed E-state index contributed by atoms with van der Waals surface area (Å²) >= 11 is 1.64. The molecule has 0 aromatic carbocycles. The number of rotatable bonds is 3. The quantitative estimate of drug-likeness (QED) is 0.461. The number of ether oxygens (including phenoxy) is 2. The number of aromatic nitrogens is 1. The highest BCUT2D eigenvalue weighted by Gasteiger charge is 2.34. The third-order valence-corrected chi connectivity index (χ3v) is 2.69. The fourth-order valence-corrected chi connectivity index (χ4v) is 1.62. The fourth-order valence-electron chi connectivity index (χ4n) is 1.05. The summed E-state index contributed by atoms with van der Waals surface area (Å²) in [6.45, 7) is -1.08. The minimum absolute atomic E-state index is 0.199. The van der Waals surface area contributed by atoms with Crippen molar-refractivity contribution in [2.75, 3.05) is 7.11 Å². The van der Waals surface area contributed by atoms with E-state index >= 15 is 0 Å². The van der Waals surface area contributed by atoms with Crippen LogP contribution in [0.25, 0.3) is 0 Å². The molecular weight excluding hydrogens is 373 g/mol. The average Bonchev–Trinajstić information content (AvgIpc) is 2.28. The van der Waals surface area contributed by atoms with Gasteiger partial charge < -0.3 is 9.47 Å². The number of pyridine rings is 1. The molecule has 0 spiro atoms. The van der Waals surface area contributed by atoms with Crippen molar-refractivity contribution in [3.63, 3.8) is 0 Å². The Kier molecular flexibility index (Phi) is 4.71. The van der Waals surface area contributed by atoms with Gasteiger partial charge >= 0.3 is 12.3 Å². The van der Waals surface area contributed by atoms with Gasteiger partial charge in [0, 0.05) is 3.57 Å². The predicted molar refractivity (Wildman–Crippen MR) is 59.8 cm³/mol. The Bertz CT molecular complexity index is 464. The molecule has 0 saturated heterocycles. The molecule has 0 aliphatic heterocycles. The van der Waals surface area contributed by atoms with E-state index in [9.17, 15) is 22.4 Å². The molecule has 1 aromatic heterocycles. The van der Waals surface area contributed by atoms with Gasteiger partial charge in [-0.05, 0) is 28.7 Å². The second kappa shape index (κ2) is 5.67. The lowest BCUT2D eigenvalue weighted by Gasteiger charge is -2.12. The van der Waals surface area contributed by atoms with Crippen molar-refractivity contribution in [2.45, 2.75) is 13.0 Å². The molecule has 18 heavy (non-hydrogen) atoms. The molecule has 0 aliphatic rings. The summed E-state index contributed by atoms with van der Waals surface area (Å²) in [6, 6.07) is 1.02. The molecule has 0 unspecified atom stereocenters. The first-order valence-electron chi connectivity index (χ1n) is 4.38. The van der Waals surface area contributed by atoms with Crippen LogP contribution < -0.4 is 4.74 Å². The molecule has 0 amide bonds. The van der Waals surface area contributed by atoms with Crippen LogP contribution in [0.1, 0.15) is 16.1 Å². The molecule has 1 aromatic rings. The molecule has 9 heteroatoms. The highest BCUT2D eigenvalue weighted by Crippen LogP contribution is 2.28. The van der Waals surface area contributed by atoms with Crippen LogP contribution in [0.2, 0.25) is 0 Å². The van der Waals surface area contributed by atoms with E-state index < -0.39 is 30.4 Å². The monoisotopic (exact) mass is 379 g/mol. The number of nitrogens with zero attached hydrogens (tertiary/aromatic N) is 1. The summed E-state index contributed by atoms with van der Waals surface area (Å²) < 4.78 is 56.9. The van der Waals surface area contributed by atoms with E-state index in [1.165, 1.54) is 0 Å². The van der Waals surface area contributed by atoms with Crippen molar-refractivity contribution in [2.24, 2.45) is 0 Å². The summed E-state index contributed by atoms with van der Waals surface area (Å²) in [5.41, 5.74) is -0.765. The summed E-state index contributed by atoms with van der Waals surface area (Å²) in [5.74, 6) is -2.08. The summed E-state index contributed by atoms with van der Waals surface area (Å²) in [7, 11) is 0.996. The number of carbonyl (C=O) groups is 1. The third kappa shape index (κ3) is 3.68. The molecule has 4 nitrogen and oxygen atoms in total. The Morgan fingerprint density at radius 3 is 2.56 bits per heavy atom. The lowest BCUT2D eigenvalue weighted by atomic mass is 10.2. The lowest BCUT2D eigenvalue weighted by Crippen LogP contribution is -2.21. The lowest BCUT2D eigenvalue weighted by molar-refractivity contribution is -0.276. The Labute approximate surface area is 112 Å². The molecule has 0 atom stereocenters. The van der Waals surface area contributed by atoms with Crippen LogP contribution in [0.3, 0.4) is 0 Å². The van der Waals surface area contributed by atoms with E-state index in [4.69, 9.17) is 0 Å². The SMILES string of the molecule is COC(=O)c1cc(I)c(CF)nc1OC(F)(F)F. The van der Waals surface area contributed by atoms with Gasteiger partial charge in [0.1, 0.15) is 12.2 Å². The second-order valence-electron chi connectivity index (χ2n) is 2.94. The zero-order valence-electron chi connectivity index (χ0n) is 8.85. The number of hydrogen-bond donors (Lipinski definition) is 0. The standard InChI is InChI=1S/C9H6F4INO3/c1-17-8(16)4-2-5(14)6(3-10)15-7(4)18-9(11,12)13/h2H,3H2,1H3. The molecule has 0 radical (unpaired) electrons. The first kappa shape index (κ1) is 14.9. The Balaban J connectivity index is 3.30. The molecule has 1 heterocycles. The van der Waals surface area contributed by atoms with E-state index in [1.54, 1.807) is 22.6 Å². The molecule has 1 rings (SSSR count). The van der Waals surface area contributed by atoms with Gasteiger partial charge in [-0.15, -0.1) is 13.2 Å². The number of halogens is 5. The largest absolute Gasteiger partial charge is 0.574 e. The normalized spacial score (nSPS) is 11.2. The molecule has 0 aliphatic carbocycles. The summed E-state index contributed by atoms with van der Waals surface area (Å²) in [5, 5.41) is 0. The smallest absolute Gasteiger partial charge is 0.465 e. The minimum Gasteiger partial charge on any atom is -0.465 e. The zero-order chi connectivity index (χ0) is 13.9. The van der Waals surface area contributed by atoms with Crippen molar-refractivity contribution >= 4 is 28.6 Å². The Morgan fingerprint density at radius 2 is 2.11 bits per heavy atom. The maximum atomic E-state index is 12.5. The second-order valence-corrected chi connectivity index (χ2v) is 4.10. The van der Waals surface area contributed by atoms with Crippen LogP contribution in [-0.4, -0.2) is 24.4 Å². The molecule has 0 fully saturated rings. The fraction of sp³-hybridized carbons (Fsp3) is 0.333. The number of hydrogen-bond acceptors (Lipinski definition) is 4. The maximum absolute atomic E-state index is 12.5. The molecule has 0 N–H and O–H groups in total. The number of carbonyl (C=O) groups excluding carboxylic acids is 1. The van der Waals surface area contributed by atoms with Gasteiger partial charge in [0.15, 0.2) is 0 Å². The predicted octanol–water partition coefficient (Wildman–Crippen LogP) is 2.84.